The lowest BCUT2D eigenvalue weighted by Crippen LogP contribution is -2.01. The molecule has 0 saturated heterocycles. The highest BCUT2D eigenvalue weighted by molar-refractivity contribution is 9.10. The number of carbonyl (C=O) groups is 1. The predicted molar refractivity (Wildman–Crippen MR) is 75.3 cm³/mol. The van der Waals surface area contributed by atoms with Crippen molar-refractivity contribution in [2.24, 2.45) is 0 Å². The number of aryl methyl sites for hydroxylation is 1. The van der Waals surface area contributed by atoms with Gasteiger partial charge in [-0.15, -0.1) is 11.3 Å². The van der Waals surface area contributed by atoms with Gasteiger partial charge in [-0.25, -0.2) is 4.98 Å². The highest BCUT2D eigenvalue weighted by atomic mass is 79.9. The molecule has 0 bridgehead atoms. The van der Waals surface area contributed by atoms with Gasteiger partial charge in [0.1, 0.15) is 17.4 Å². The van der Waals surface area contributed by atoms with Crippen LogP contribution in [0.1, 0.15) is 28.0 Å². The molecule has 3 nitrogen and oxygen atoms in total. The average molecular weight is 326 g/mol. The molecule has 2 aromatic rings. The third-order valence-electron chi connectivity index (χ3n) is 2.34. The molecule has 18 heavy (non-hydrogen) atoms. The summed E-state index contributed by atoms with van der Waals surface area (Å²) in [7, 11) is 0. The minimum atomic E-state index is -0.0124. The van der Waals surface area contributed by atoms with Crippen LogP contribution in [0.15, 0.2) is 28.1 Å². The summed E-state index contributed by atoms with van der Waals surface area (Å²) in [5.74, 6) is 0.583. The van der Waals surface area contributed by atoms with Gasteiger partial charge < -0.3 is 4.74 Å². The van der Waals surface area contributed by atoms with E-state index in [1.54, 1.807) is 23.5 Å². The number of thiazole rings is 1. The Morgan fingerprint density at radius 3 is 2.89 bits per heavy atom. The van der Waals surface area contributed by atoms with Crippen LogP contribution in [0.4, 0.5) is 0 Å². The first kappa shape index (κ1) is 13.2. The Morgan fingerprint density at radius 2 is 2.28 bits per heavy atom. The topological polar surface area (TPSA) is 39.2 Å². The Labute approximate surface area is 118 Å². The van der Waals surface area contributed by atoms with Crippen molar-refractivity contribution >= 4 is 33.0 Å². The van der Waals surface area contributed by atoms with Crippen LogP contribution >= 0.6 is 27.3 Å². The Bertz CT molecular complexity index is 580. The minimum absolute atomic E-state index is 0.0124. The number of hydrogen-bond donors (Lipinski definition) is 0. The van der Waals surface area contributed by atoms with Gasteiger partial charge in [-0.05, 0) is 32.0 Å². The number of carbonyl (C=O) groups excluding carboxylic acids is 1. The van der Waals surface area contributed by atoms with Gasteiger partial charge in [0, 0.05) is 15.5 Å². The van der Waals surface area contributed by atoms with Gasteiger partial charge in [0.15, 0.2) is 5.78 Å². The maximum Gasteiger partial charge on any atom is 0.163 e. The van der Waals surface area contributed by atoms with Crippen LogP contribution in [0.3, 0.4) is 0 Å². The molecule has 0 atom stereocenters. The fourth-order valence-corrected chi connectivity index (χ4v) is 2.56. The second-order valence-corrected chi connectivity index (χ2v) is 5.73. The fraction of sp³-hybridized carbons (Fsp3) is 0.231. The van der Waals surface area contributed by atoms with Crippen molar-refractivity contribution in [1.29, 1.82) is 0 Å². The molecular formula is C13H12BrNO2S. The highest BCUT2D eigenvalue weighted by Gasteiger charge is 2.10. The first-order valence-electron chi connectivity index (χ1n) is 5.40. The molecule has 0 N–H and O–H groups in total. The number of rotatable bonds is 4. The van der Waals surface area contributed by atoms with Crippen molar-refractivity contribution in [3.8, 4) is 5.75 Å². The van der Waals surface area contributed by atoms with E-state index in [0.29, 0.717) is 17.9 Å². The molecule has 0 radical (unpaired) electrons. The molecule has 0 amide bonds. The summed E-state index contributed by atoms with van der Waals surface area (Å²) in [6.07, 6.45) is 0. The van der Waals surface area contributed by atoms with Crippen LogP contribution in [-0.4, -0.2) is 10.8 Å². The van der Waals surface area contributed by atoms with E-state index in [4.69, 9.17) is 4.74 Å². The van der Waals surface area contributed by atoms with Gasteiger partial charge in [0.2, 0.25) is 0 Å². The molecule has 0 saturated carbocycles. The lowest BCUT2D eigenvalue weighted by molar-refractivity contribution is 0.101. The predicted octanol–water partition coefficient (Wildman–Crippen LogP) is 4.00. The van der Waals surface area contributed by atoms with E-state index >= 15 is 0 Å². The largest absolute Gasteiger partial charge is 0.486 e. The van der Waals surface area contributed by atoms with Gasteiger partial charge >= 0.3 is 0 Å². The van der Waals surface area contributed by atoms with Crippen molar-refractivity contribution in [1.82, 2.24) is 4.98 Å². The number of aromatic nitrogens is 1. The standard InChI is InChI=1S/C13H12BrNO2S/c1-8-7-18-13(15-8)6-17-12-4-3-10(14)5-11(12)9(2)16/h3-5,7H,6H2,1-2H3. The number of hydrogen-bond acceptors (Lipinski definition) is 4. The summed E-state index contributed by atoms with van der Waals surface area (Å²) in [5.41, 5.74) is 1.57. The Morgan fingerprint density at radius 1 is 1.50 bits per heavy atom. The van der Waals surface area contributed by atoms with E-state index < -0.39 is 0 Å². The number of ether oxygens (including phenoxy) is 1. The van der Waals surface area contributed by atoms with Crippen molar-refractivity contribution in [2.75, 3.05) is 0 Å². The van der Waals surface area contributed by atoms with Gasteiger partial charge in [-0.3, -0.25) is 4.79 Å². The monoisotopic (exact) mass is 325 g/mol. The maximum absolute atomic E-state index is 11.5. The van der Waals surface area contributed by atoms with Crippen LogP contribution < -0.4 is 4.74 Å². The zero-order valence-corrected chi connectivity index (χ0v) is 12.5. The van der Waals surface area contributed by atoms with E-state index in [0.717, 1.165) is 15.2 Å². The zero-order valence-electron chi connectivity index (χ0n) is 10.1. The number of ketones is 1. The molecule has 0 aliphatic carbocycles. The summed E-state index contributed by atoms with van der Waals surface area (Å²) >= 11 is 4.90. The molecule has 94 valence electrons. The first-order valence-corrected chi connectivity index (χ1v) is 7.08. The maximum atomic E-state index is 11.5. The quantitative estimate of drug-likeness (QED) is 0.798. The van der Waals surface area contributed by atoms with Crippen molar-refractivity contribution in [3.63, 3.8) is 0 Å². The number of benzene rings is 1. The van der Waals surface area contributed by atoms with Crippen LogP contribution in [0.25, 0.3) is 0 Å². The number of nitrogens with zero attached hydrogens (tertiary/aromatic N) is 1. The van der Waals surface area contributed by atoms with E-state index in [1.165, 1.54) is 6.92 Å². The van der Waals surface area contributed by atoms with Gasteiger partial charge in [0.25, 0.3) is 0 Å². The molecule has 0 aliphatic heterocycles. The van der Waals surface area contributed by atoms with Crippen molar-refractivity contribution in [3.05, 3.63) is 44.3 Å². The molecule has 2 rings (SSSR count). The van der Waals surface area contributed by atoms with Gasteiger partial charge in [0.05, 0.1) is 5.56 Å². The summed E-state index contributed by atoms with van der Waals surface area (Å²) in [6.45, 7) is 3.86. The third kappa shape index (κ3) is 3.17. The summed E-state index contributed by atoms with van der Waals surface area (Å²) in [5, 5.41) is 2.89. The normalized spacial score (nSPS) is 10.4. The SMILES string of the molecule is CC(=O)c1cc(Br)ccc1OCc1nc(C)cs1. The van der Waals surface area contributed by atoms with E-state index in [-0.39, 0.29) is 5.78 Å². The van der Waals surface area contributed by atoms with E-state index in [2.05, 4.69) is 20.9 Å². The average Bonchev–Trinajstić information content (AvgIpc) is 2.73. The number of halogens is 1. The Hall–Kier alpha value is -1.20. The minimum Gasteiger partial charge on any atom is -0.486 e. The first-order chi connectivity index (χ1) is 8.56. The lowest BCUT2D eigenvalue weighted by atomic mass is 10.1. The van der Waals surface area contributed by atoms with Gasteiger partial charge in [-0.2, -0.15) is 0 Å². The zero-order chi connectivity index (χ0) is 13.1. The van der Waals surface area contributed by atoms with Crippen molar-refractivity contribution in [2.45, 2.75) is 20.5 Å². The molecule has 5 heteroatoms. The molecule has 1 aromatic heterocycles. The molecule has 0 fully saturated rings. The summed E-state index contributed by atoms with van der Waals surface area (Å²) in [4.78, 5) is 15.8. The van der Waals surface area contributed by atoms with Crippen LogP contribution in [0.2, 0.25) is 0 Å². The highest BCUT2D eigenvalue weighted by Crippen LogP contribution is 2.25. The summed E-state index contributed by atoms with van der Waals surface area (Å²) in [6, 6.07) is 5.42. The Kier molecular flexibility index (Phi) is 4.14. The fourth-order valence-electron chi connectivity index (χ4n) is 1.51. The molecule has 0 unspecified atom stereocenters. The van der Waals surface area contributed by atoms with Crippen molar-refractivity contribution < 1.29 is 9.53 Å². The van der Waals surface area contributed by atoms with E-state index in [1.807, 2.05) is 18.4 Å². The molecule has 0 aliphatic rings. The second kappa shape index (κ2) is 5.63. The lowest BCUT2D eigenvalue weighted by Gasteiger charge is -2.08. The van der Waals surface area contributed by atoms with Crippen LogP contribution in [-0.2, 0) is 6.61 Å². The van der Waals surface area contributed by atoms with E-state index in [9.17, 15) is 4.79 Å². The summed E-state index contributed by atoms with van der Waals surface area (Å²) < 4.78 is 6.52. The second-order valence-electron chi connectivity index (χ2n) is 3.87. The molecule has 1 heterocycles. The molecular weight excluding hydrogens is 314 g/mol. The molecule has 0 spiro atoms. The van der Waals surface area contributed by atoms with Gasteiger partial charge in [-0.1, -0.05) is 15.9 Å². The third-order valence-corrected chi connectivity index (χ3v) is 3.77. The van der Waals surface area contributed by atoms with Crippen LogP contribution in [0.5, 0.6) is 5.75 Å². The Balaban J connectivity index is 2.16. The smallest absolute Gasteiger partial charge is 0.163 e. The van der Waals surface area contributed by atoms with Crippen LogP contribution in [0, 0.1) is 6.92 Å². The molecule has 1 aromatic carbocycles. The number of Topliss-reactive ketones (excluding diaryl/α,β-unsaturated/α-hetero) is 1.